The van der Waals surface area contributed by atoms with Gasteiger partial charge >= 0.3 is 34.4 Å². The number of nitrogens with zero attached hydrogens (tertiary/aromatic N) is 4. The molecule has 25 heavy (non-hydrogen) atoms. The molecule has 0 rings (SSSR count). The van der Waals surface area contributed by atoms with Crippen molar-refractivity contribution in [2.45, 2.75) is 0 Å². The Kier molecular flexibility index (Phi) is 88.7. The number of hydrogen-bond donors (Lipinski definition) is 1. The molecule has 151 valence electrons. The first-order valence-electron chi connectivity index (χ1n) is 6.20. The van der Waals surface area contributed by atoms with E-state index in [2.05, 4.69) is 24.4 Å². The molecule has 0 saturated carbocycles. The van der Waals surface area contributed by atoms with Crippen LogP contribution in [0.4, 0.5) is 0 Å². The molecule has 0 unspecified atom stereocenters. The van der Waals surface area contributed by atoms with Crippen molar-refractivity contribution in [3.63, 3.8) is 0 Å². The van der Waals surface area contributed by atoms with Crippen LogP contribution in [0.1, 0.15) is 0 Å². The summed E-state index contributed by atoms with van der Waals surface area (Å²) in [6.45, 7) is 1.92. The van der Waals surface area contributed by atoms with E-state index in [1.165, 1.54) is 10.3 Å². The van der Waals surface area contributed by atoms with Crippen LogP contribution < -0.4 is 15.3 Å². The first kappa shape index (κ1) is 44.7. The van der Waals surface area contributed by atoms with Crippen molar-refractivity contribution in [2.24, 2.45) is 0 Å². The van der Waals surface area contributed by atoms with Crippen molar-refractivity contribution in [3.05, 3.63) is 10.8 Å². The monoisotopic (exact) mass is 485 g/mol. The summed E-state index contributed by atoms with van der Waals surface area (Å²) in [5, 5.41) is 54.9. The van der Waals surface area contributed by atoms with Gasteiger partial charge in [-0.3, -0.25) is 0 Å². The molecule has 0 saturated heterocycles. The molecule has 0 amide bonds. The van der Waals surface area contributed by atoms with E-state index in [-0.39, 0.29) is 66.3 Å². The molecule has 0 spiro atoms. The van der Waals surface area contributed by atoms with Crippen molar-refractivity contribution in [1.29, 1.82) is 0 Å². The third-order valence-corrected chi connectivity index (χ3v) is 1.90. The number of thiocarbonyl (C=S) groups is 2. The number of likely N-dealkylation sites (N-methyl/N-ethyl adjacent to an activating group) is 2. The third kappa shape index (κ3) is 79.7. The van der Waals surface area contributed by atoms with Gasteiger partial charge in [0.25, 0.3) is 0 Å². The van der Waals surface area contributed by atoms with Crippen molar-refractivity contribution < 1.29 is 60.3 Å². The minimum Gasteiger partial charge on any atom is -0.854 e. The Morgan fingerprint density at radius 3 is 1.20 bits per heavy atom. The summed E-state index contributed by atoms with van der Waals surface area (Å²) in [6, 6.07) is 0. The first-order valence-corrected chi connectivity index (χ1v) is 7.01. The predicted molar refractivity (Wildman–Crippen MR) is 93.5 cm³/mol. The predicted octanol–water partition coefficient (Wildman–Crippen LogP) is -3.70. The van der Waals surface area contributed by atoms with Gasteiger partial charge in [-0.1, -0.05) is 24.4 Å². The van der Waals surface area contributed by atoms with Gasteiger partial charge in [0.05, 0.1) is 6.61 Å². The van der Waals surface area contributed by atoms with Gasteiger partial charge in [0, 0.05) is 6.54 Å². The van der Waals surface area contributed by atoms with E-state index < -0.39 is 0 Å². The molecule has 0 heterocycles. The molecule has 13 heteroatoms. The maximum Gasteiger partial charge on any atom is 4.00 e. The van der Waals surface area contributed by atoms with E-state index in [4.69, 9.17) is 15.9 Å². The van der Waals surface area contributed by atoms with Crippen LogP contribution >= 0.6 is 24.4 Å². The van der Waals surface area contributed by atoms with Gasteiger partial charge in [0.1, 0.15) is 0 Å². The standard InChI is InChI=1S/C5H12NO2.C5H11NO2.2CNS.Cr.Cu.H2O/c2*1-6(2-4-7)3-5-8;2*2-1-3;;;/h7H,2-5H2,1H3;2-5H2,1H3;;;;;1H2/q-1;-2;2*-1;+4;+2;/p+1. The molecule has 0 fully saturated rings. The van der Waals surface area contributed by atoms with Gasteiger partial charge in [0.2, 0.25) is 0 Å². The maximum atomic E-state index is 9.89. The summed E-state index contributed by atoms with van der Waals surface area (Å²) in [4.78, 5) is 3.53. The van der Waals surface area contributed by atoms with Gasteiger partial charge in [-0.2, -0.15) is 10.3 Å². The van der Waals surface area contributed by atoms with E-state index in [1.54, 1.807) is 16.8 Å². The summed E-state index contributed by atoms with van der Waals surface area (Å²) in [7, 11) is 3.59. The maximum absolute atomic E-state index is 9.89. The van der Waals surface area contributed by atoms with Crippen LogP contribution in [0.5, 0.6) is 0 Å². The Bertz CT molecular complexity index is 238. The van der Waals surface area contributed by atoms with E-state index in [0.717, 1.165) is 0 Å². The van der Waals surface area contributed by atoms with E-state index >= 15 is 0 Å². The zero-order chi connectivity index (χ0) is 18.2. The van der Waals surface area contributed by atoms with Crippen LogP contribution in [0.2, 0.25) is 0 Å². The summed E-state index contributed by atoms with van der Waals surface area (Å²) in [6.07, 6.45) is 0. The van der Waals surface area contributed by atoms with E-state index in [0.29, 0.717) is 26.2 Å². The molecule has 0 atom stereocenters. The van der Waals surface area contributed by atoms with Crippen molar-refractivity contribution in [3.8, 4) is 0 Å². The van der Waals surface area contributed by atoms with Gasteiger partial charge < -0.3 is 46.5 Å². The first-order chi connectivity index (χ1) is 10.4. The Labute approximate surface area is 182 Å². The number of rotatable bonds is 8. The second kappa shape index (κ2) is 49.7. The third-order valence-electron chi connectivity index (χ3n) is 1.90. The number of aliphatic hydroxyl groups is 1. The summed E-state index contributed by atoms with van der Waals surface area (Å²) >= 11 is 7.40. The SMILES string of the molecule is CN(CC[O-])CCO.CN(CC[O-])CC[O-].[Cr+4].[Cu+2].[N-]=C=S.[N-]=C=S.[OH3+]. The molecule has 0 aromatic rings. The zero-order valence-electron chi connectivity index (χ0n) is 14.2. The number of hydrogen-bond acceptors (Lipinski definition) is 8. The zero-order valence-corrected chi connectivity index (χ0v) is 18.1. The van der Waals surface area contributed by atoms with Gasteiger partial charge in [-0.25, -0.2) is 0 Å². The fourth-order valence-electron chi connectivity index (χ4n) is 0.862. The topological polar surface area (TPSA) is 173 Å². The second-order valence-corrected chi connectivity index (χ2v) is 3.99. The normalized spacial score (nSPS) is 7.36. The van der Waals surface area contributed by atoms with Crippen molar-refractivity contribution >= 4 is 34.8 Å². The minimum atomic E-state index is -0.115. The molecule has 9 nitrogen and oxygen atoms in total. The average Bonchev–Trinajstić information content (AvgIpc) is 2.42. The van der Waals surface area contributed by atoms with Crippen LogP contribution in [0.15, 0.2) is 0 Å². The molecule has 0 bridgehead atoms. The summed E-state index contributed by atoms with van der Waals surface area (Å²) in [5.74, 6) is 0. The molecule has 0 aliphatic heterocycles. The molecule has 0 aliphatic carbocycles. The largest absolute Gasteiger partial charge is 4.00 e. The Morgan fingerprint density at radius 1 is 0.840 bits per heavy atom. The number of isothiocyanates is 2. The summed E-state index contributed by atoms with van der Waals surface area (Å²) in [5.41, 5.74) is 0. The van der Waals surface area contributed by atoms with Crippen LogP contribution in [-0.2, 0) is 39.9 Å². The number of aliphatic hydroxyl groups excluding tert-OH is 1. The van der Waals surface area contributed by atoms with E-state index in [9.17, 15) is 15.3 Å². The van der Waals surface area contributed by atoms with Gasteiger partial charge in [-0.15, -0.1) is 19.8 Å². The van der Waals surface area contributed by atoms with Crippen LogP contribution in [0.25, 0.3) is 10.8 Å². The quantitative estimate of drug-likeness (QED) is 0.158. The molecule has 0 aromatic carbocycles. The fraction of sp³-hybridized carbons (Fsp3) is 0.833. The van der Waals surface area contributed by atoms with Crippen LogP contribution in [-0.4, -0.2) is 91.9 Å². The smallest absolute Gasteiger partial charge is 0.854 e. The molecular formula is C12H26CrCuN4O5S2+2. The van der Waals surface area contributed by atoms with Gasteiger partial charge in [-0.05, 0) is 33.7 Å². The molecule has 1 radical (unpaired) electrons. The molecule has 0 aromatic heterocycles. The Balaban J connectivity index is -0.0000000362. The van der Waals surface area contributed by atoms with Crippen molar-refractivity contribution in [2.75, 3.05) is 66.7 Å². The molecule has 0 aliphatic rings. The summed E-state index contributed by atoms with van der Waals surface area (Å²) < 4.78 is 0. The van der Waals surface area contributed by atoms with E-state index in [1.807, 2.05) is 7.05 Å². The minimum absolute atomic E-state index is 0. The van der Waals surface area contributed by atoms with Crippen LogP contribution in [0.3, 0.4) is 0 Å². The Hall–Kier alpha value is 0.372. The van der Waals surface area contributed by atoms with Crippen LogP contribution in [0, 0.1) is 0 Å². The molecular weight excluding hydrogens is 460 g/mol. The second-order valence-electron chi connectivity index (χ2n) is 3.63. The van der Waals surface area contributed by atoms with Crippen molar-refractivity contribution in [1.82, 2.24) is 9.80 Å². The van der Waals surface area contributed by atoms with Gasteiger partial charge in [0.15, 0.2) is 0 Å². The molecule has 4 N–H and O–H groups in total. The average molecular weight is 486 g/mol. The Morgan fingerprint density at radius 2 is 1.04 bits per heavy atom. The fourth-order valence-corrected chi connectivity index (χ4v) is 0.862.